The number of ketones is 1. The van der Waals surface area contributed by atoms with E-state index < -0.39 is 0 Å². The summed E-state index contributed by atoms with van der Waals surface area (Å²) in [6.45, 7) is 3.61. The van der Waals surface area contributed by atoms with Crippen molar-refractivity contribution in [2.24, 2.45) is 0 Å². The van der Waals surface area contributed by atoms with E-state index in [4.69, 9.17) is 0 Å². The summed E-state index contributed by atoms with van der Waals surface area (Å²) in [5, 5.41) is 1.10. The number of carbonyl (C=O) groups excluding carboxylic acids is 1. The summed E-state index contributed by atoms with van der Waals surface area (Å²) in [5.74, 6) is 0.0394. The molecule has 0 unspecified atom stereocenters. The molecule has 2 aromatic rings. The molecule has 0 spiro atoms. The van der Waals surface area contributed by atoms with E-state index in [1.54, 1.807) is 6.92 Å². The van der Waals surface area contributed by atoms with Crippen LogP contribution in [-0.4, -0.2) is 10.8 Å². The normalized spacial score (nSPS) is 10.5. The Balaban J connectivity index is 2.74. The molecule has 1 aromatic heterocycles. The Morgan fingerprint density at radius 2 is 2.07 bits per heavy atom. The average molecular weight is 199 g/mol. The number of para-hydroxylation sites is 1. The van der Waals surface area contributed by atoms with E-state index in [1.807, 2.05) is 31.2 Å². The van der Waals surface area contributed by atoms with Crippen molar-refractivity contribution in [2.75, 3.05) is 0 Å². The average Bonchev–Trinajstić information content (AvgIpc) is 2.27. The maximum atomic E-state index is 11.4. The van der Waals surface area contributed by atoms with Gasteiger partial charge in [0.05, 0.1) is 5.52 Å². The van der Waals surface area contributed by atoms with Crippen molar-refractivity contribution in [3.8, 4) is 0 Å². The molecule has 0 saturated carbocycles. The van der Waals surface area contributed by atoms with Gasteiger partial charge in [0.15, 0.2) is 5.78 Å². The monoisotopic (exact) mass is 199 g/mol. The summed E-state index contributed by atoms with van der Waals surface area (Å²) < 4.78 is 0. The Hall–Kier alpha value is -1.70. The highest BCUT2D eigenvalue weighted by atomic mass is 16.1. The van der Waals surface area contributed by atoms with Crippen LogP contribution in [0.1, 0.15) is 29.9 Å². The van der Waals surface area contributed by atoms with Gasteiger partial charge in [0.25, 0.3) is 0 Å². The molecule has 0 bridgehead atoms. The van der Waals surface area contributed by atoms with E-state index in [-0.39, 0.29) is 5.78 Å². The molecule has 0 aliphatic carbocycles. The molecule has 0 aliphatic rings. The van der Waals surface area contributed by atoms with Crippen molar-refractivity contribution in [2.45, 2.75) is 20.3 Å². The van der Waals surface area contributed by atoms with E-state index in [0.29, 0.717) is 5.69 Å². The Morgan fingerprint density at radius 1 is 1.33 bits per heavy atom. The number of hydrogen-bond acceptors (Lipinski definition) is 2. The number of aryl methyl sites for hydroxylation is 1. The van der Waals surface area contributed by atoms with Crippen LogP contribution in [0.15, 0.2) is 30.3 Å². The standard InChI is InChI=1S/C13H13NO/c1-3-10-8-11-6-4-5-7-12(11)14-13(10)9(2)15/h4-8H,3H2,1-2H3. The number of Topliss-reactive ketones (excluding diaryl/α,β-unsaturated/α-hetero) is 1. The largest absolute Gasteiger partial charge is 0.293 e. The fourth-order valence-corrected chi connectivity index (χ4v) is 1.73. The number of pyridine rings is 1. The van der Waals surface area contributed by atoms with Gasteiger partial charge in [0, 0.05) is 12.3 Å². The van der Waals surface area contributed by atoms with Gasteiger partial charge < -0.3 is 0 Å². The number of benzene rings is 1. The van der Waals surface area contributed by atoms with Gasteiger partial charge in [-0.3, -0.25) is 4.79 Å². The molecule has 0 fully saturated rings. The fourth-order valence-electron chi connectivity index (χ4n) is 1.73. The summed E-state index contributed by atoms with van der Waals surface area (Å²) in [5.41, 5.74) is 2.53. The minimum atomic E-state index is 0.0394. The molecule has 0 amide bonds. The van der Waals surface area contributed by atoms with E-state index in [9.17, 15) is 4.79 Å². The van der Waals surface area contributed by atoms with Crippen molar-refractivity contribution in [3.05, 3.63) is 41.6 Å². The Labute approximate surface area is 89.0 Å². The second kappa shape index (κ2) is 3.81. The second-order valence-corrected chi connectivity index (χ2v) is 3.60. The van der Waals surface area contributed by atoms with Crippen molar-refractivity contribution in [1.29, 1.82) is 0 Å². The minimum Gasteiger partial charge on any atom is -0.293 e. The van der Waals surface area contributed by atoms with Crippen LogP contribution in [-0.2, 0) is 6.42 Å². The smallest absolute Gasteiger partial charge is 0.178 e. The highest BCUT2D eigenvalue weighted by molar-refractivity contribution is 5.96. The molecule has 2 nitrogen and oxygen atoms in total. The zero-order chi connectivity index (χ0) is 10.8. The van der Waals surface area contributed by atoms with Crippen molar-refractivity contribution in [1.82, 2.24) is 4.98 Å². The molecule has 0 aliphatic heterocycles. The Kier molecular flexibility index (Phi) is 2.50. The first-order chi connectivity index (χ1) is 7.22. The van der Waals surface area contributed by atoms with Crippen LogP contribution in [0.25, 0.3) is 10.9 Å². The highest BCUT2D eigenvalue weighted by Gasteiger charge is 2.08. The lowest BCUT2D eigenvalue weighted by Crippen LogP contribution is -2.02. The summed E-state index contributed by atoms with van der Waals surface area (Å²) in [6.07, 6.45) is 0.840. The maximum Gasteiger partial charge on any atom is 0.178 e. The van der Waals surface area contributed by atoms with Crippen LogP contribution in [0.3, 0.4) is 0 Å². The number of fused-ring (bicyclic) bond motifs is 1. The second-order valence-electron chi connectivity index (χ2n) is 3.60. The quantitative estimate of drug-likeness (QED) is 0.696. The molecule has 15 heavy (non-hydrogen) atoms. The first-order valence-corrected chi connectivity index (χ1v) is 5.12. The molecular weight excluding hydrogens is 186 g/mol. The van der Waals surface area contributed by atoms with Gasteiger partial charge in [-0.25, -0.2) is 4.98 Å². The Bertz CT molecular complexity index is 517. The Morgan fingerprint density at radius 3 is 2.73 bits per heavy atom. The van der Waals surface area contributed by atoms with Crippen LogP contribution in [0.5, 0.6) is 0 Å². The van der Waals surface area contributed by atoms with E-state index in [2.05, 4.69) is 11.1 Å². The number of rotatable bonds is 2. The van der Waals surface area contributed by atoms with Gasteiger partial charge in [-0.2, -0.15) is 0 Å². The van der Waals surface area contributed by atoms with Crippen LogP contribution in [0, 0.1) is 0 Å². The number of nitrogens with zero attached hydrogens (tertiary/aromatic N) is 1. The van der Waals surface area contributed by atoms with E-state index in [1.165, 1.54) is 0 Å². The third kappa shape index (κ3) is 1.75. The molecule has 76 valence electrons. The van der Waals surface area contributed by atoms with Crippen LogP contribution in [0.4, 0.5) is 0 Å². The zero-order valence-electron chi connectivity index (χ0n) is 8.95. The summed E-state index contributed by atoms with van der Waals surface area (Å²) in [6, 6.07) is 9.92. The topological polar surface area (TPSA) is 30.0 Å². The molecule has 1 heterocycles. The lowest BCUT2D eigenvalue weighted by Gasteiger charge is -2.05. The van der Waals surface area contributed by atoms with Crippen LogP contribution in [0.2, 0.25) is 0 Å². The van der Waals surface area contributed by atoms with Crippen LogP contribution < -0.4 is 0 Å². The van der Waals surface area contributed by atoms with Gasteiger partial charge >= 0.3 is 0 Å². The first-order valence-electron chi connectivity index (χ1n) is 5.12. The zero-order valence-corrected chi connectivity index (χ0v) is 8.95. The predicted molar refractivity (Wildman–Crippen MR) is 61.1 cm³/mol. The molecule has 0 saturated heterocycles. The van der Waals surface area contributed by atoms with E-state index >= 15 is 0 Å². The van der Waals surface area contributed by atoms with Gasteiger partial charge in [-0.15, -0.1) is 0 Å². The van der Waals surface area contributed by atoms with Crippen molar-refractivity contribution >= 4 is 16.7 Å². The maximum absolute atomic E-state index is 11.4. The molecule has 2 rings (SSSR count). The predicted octanol–water partition coefficient (Wildman–Crippen LogP) is 3.00. The third-order valence-corrected chi connectivity index (χ3v) is 2.52. The fraction of sp³-hybridized carbons (Fsp3) is 0.231. The molecule has 1 aromatic carbocycles. The van der Waals surface area contributed by atoms with Crippen LogP contribution >= 0.6 is 0 Å². The van der Waals surface area contributed by atoms with Gasteiger partial charge in [-0.1, -0.05) is 25.1 Å². The molecule has 0 radical (unpaired) electrons. The van der Waals surface area contributed by atoms with Crippen molar-refractivity contribution in [3.63, 3.8) is 0 Å². The first kappa shape index (κ1) is 9.84. The van der Waals surface area contributed by atoms with Gasteiger partial charge in [-0.05, 0) is 24.1 Å². The van der Waals surface area contributed by atoms with Gasteiger partial charge in [0.2, 0.25) is 0 Å². The molecule has 2 heteroatoms. The minimum absolute atomic E-state index is 0.0394. The summed E-state index contributed by atoms with van der Waals surface area (Å²) in [4.78, 5) is 15.8. The number of aromatic nitrogens is 1. The summed E-state index contributed by atoms with van der Waals surface area (Å²) in [7, 11) is 0. The van der Waals surface area contributed by atoms with Crippen molar-refractivity contribution < 1.29 is 4.79 Å². The third-order valence-electron chi connectivity index (χ3n) is 2.52. The van der Waals surface area contributed by atoms with E-state index in [0.717, 1.165) is 22.9 Å². The lowest BCUT2D eigenvalue weighted by molar-refractivity contribution is 0.101. The molecular formula is C13H13NO. The SMILES string of the molecule is CCc1cc2ccccc2nc1C(C)=O. The van der Waals surface area contributed by atoms with Gasteiger partial charge in [0.1, 0.15) is 5.69 Å². The number of carbonyl (C=O) groups is 1. The number of hydrogen-bond donors (Lipinski definition) is 0. The summed E-state index contributed by atoms with van der Waals surface area (Å²) >= 11 is 0. The molecule has 0 atom stereocenters. The highest BCUT2D eigenvalue weighted by Crippen LogP contribution is 2.17. The lowest BCUT2D eigenvalue weighted by atomic mass is 10.1. The molecule has 0 N–H and O–H groups in total.